The predicted octanol–water partition coefficient (Wildman–Crippen LogP) is 2.49. The standard InChI is InChI=1S/C9H10BrClFNO/c1-13-4-7(14)5-2-3-6(10)9(12)8(5)11/h2-3,7,13-14H,4H2,1H3. The largest absolute Gasteiger partial charge is 0.387 e. The lowest BCUT2D eigenvalue weighted by Crippen LogP contribution is -2.17. The van der Waals surface area contributed by atoms with E-state index in [0.717, 1.165) is 0 Å². The van der Waals surface area contributed by atoms with Crippen molar-refractivity contribution in [2.45, 2.75) is 6.10 Å². The fourth-order valence-corrected chi connectivity index (χ4v) is 1.84. The zero-order valence-electron chi connectivity index (χ0n) is 7.52. The molecule has 0 bridgehead atoms. The van der Waals surface area contributed by atoms with Gasteiger partial charge in [0.1, 0.15) is 0 Å². The van der Waals surface area contributed by atoms with Crippen molar-refractivity contribution in [2.75, 3.05) is 13.6 Å². The molecule has 0 spiro atoms. The summed E-state index contributed by atoms with van der Waals surface area (Å²) >= 11 is 8.75. The molecule has 0 aliphatic heterocycles. The van der Waals surface area contributed by atoms with Crippen LogP contribution in [0.1, 0.15) is 11.7 Å². The van der Waals surface area contributed by atoms with Crippen LogP contribution >= 0.6 is 27.5 Å². The number of halogens is 3. The molecule has 0 aliphatic rings. The highest BCUT2D eigenvalue weighted by Gasteiger charge is 2.15. The van der Waals surface area contributed by atoms with Gasteiger partial charge >= 0.3 is 0 Å². The molecule has 1 aromatic carbocycles. The smallest absolute Gasteiger partial charge is 0.156 e. The molecule has 0 heterocycles. The first-order valence-electron chi connectivity index (χ1n) is 4.04. The Balaban J connectivity index is 3.04. The number of aliphatic hydroxyl groups excluding tert-OH is 1. The number of hydrogen-bond acceptors (Lipinski definition) is 2. The van der Waals surface area contributed by atoms with Gasteiger partial charge in [-0.2, -0.15) is 0 Å². The van der Waals surface area contributed by atoms with Crippen LogP contribution in [0.4, 0.5) is 4.39 Å². The monoisotopic (exact) mass is 281 g/mol. The molecule has 1 aromatic rings. The van der Waals surface area contributed by atoms with Crippen molar-refractivity contribution in [1.82, 2.24) is 5.32 Å². The number of likely N-dealkylation sites (N-methyl/N-ethyl adjacent to an activating group) is 1. The Hall–Kier alpha value is -0.160. The molecule has 0 saturated carbocycles. The molecule has 0 amide bonds. The molecule has 0 radical (unpaired) electrons. The lowest BCUT2D eigenvalue weighted by Gasteiger charge is -2.12. The van der Waals surface area contributed by atoms with Gasteiger partial charge in [-0.15, -0.1) is 0 Å². The van der Waals surface area contributed by atoms with Gasteiger partial charge in [-0.05, 0) is 29.0 Å². The Morgan fingerprint density at radius 1 is 1.64 bits per heavy atom. The van der Waals surface area contributed by atoms with Crippen LogP contribution in [0, 0.1) is 5.82 Å². The molecule has 0 fully saturated rings. The summed E-state index contributed by atoms with van der Waals surface area (Å²) < 4.78 is 13.6. The van der Waals surface area contributed by atoms with E-state index in [1.54, 1.807) is 13.1 Å². The highest BCUT2D eigenvalue weighted by Crippen LogP contribution is 2.30. The van der Waals surface area contributed by atoms with Crippen molar-refractivity contribution < 1.29 is 9.50 Å². The van der Waals surface area contributed by atoms with E-state index in [2.05, 4.69) is 21.2 Å². The summed E-state index contributed by atoms with van der Waals surface area (Å²) in [5, 5.41) is 12.3. The third-order valence-electron chi connectivity index (χ3n) is 1.82. The fourth-order valence-electron chi connectivity index (χ4n) is 1.10. The molecule has 0 saturated heterocycles. The van der Waals surface area contributed by atoms with Gasteiger partial charge in [-0.1, -0.05) is 17.7 Å². The summed E-state index contributed by atoms with van der Waals surface area (Å²) in [6.45, 7) is 0.334. The Kier molecular flexibility index (Phi) is 4.31. The second-order valence-corrected chi connectivity index (χ2v) is 4.07. The van der Waals surface area contributed by atoms with Crippen LogP contribution in [0.3, 0.4) is 0 Å². The molecule has 78 valence electrons. The maximum Gasteiger partial charge on any atom is 0.156 e. The van der Waals surface area contributed by atoms with Crippen molar-refractivity contribution in [1.29, 1.82) is 0 Å². The molecule has 2 nitrogen and oxygen atoms in total. The molecule has 1 unspecified atom stereocenters. The van der Waals surface area contributed by atoms with Crippen LogP contribution in [0.15, 0.2) is 16.6 Å². The third kappa shape index (κ3) is 2.45. The number of aliphatic hydroxyl groups is 1. The van der Waals surface area contributed by atoms with E-state index in [1.165, 1.54) is 6.07 Å². The number of nitrogens with one attached hydrogen (secondary N) is 1. The number of rotatable bonds is 3. The van der Waals surface area contributed by atoms with Gasteiger partial charge in [0.05, 0.1) is 15.6 Å². The molecular weight excluding hydrogens is 272 g/mol. The van der Waals surface area contributed by atoms with Crippen LogP contribution in [-0.2, 0) is 0 Å². The Labute approximate surface area is 95.2 Å². The van der Waals surface area contributed by atoms with Crippen LogP contribution in [0.2, 0.25) is 5.02 Å². The highest BCUT2D eigenvalue weighted by atomic mass is 79.9. The van der Waals surface area contributed by atoms with Gasteiger partial charge in [-0.3, -0.25) is 0 Å². The number of benzene rings is 1. The van der Waals surface area contributed by atoms with Crippen molar-refractivity contribution in [3.05, 3.63) is 33.0 Å². The van der Waals surface area contributed by atoms with Crippen molar-refractivity contribution in [3.63, 3.8) is 0 Å². The lowest BCUT2D eigenvalue weighted by molar-refractivity contribution is 0.177. The van der Waals surface area contributed by atoms with Gasteiger partial charge in [0.2, 0.25) is 0 Å². The van der Waals surface area contributed by atoms with Gasteiger partial charge in [-0.25, -0.2) is 4.39 Å². The quantitative estimate of drug-likeness (QED) is 0.835. The van der Waals surface area contributed by atoms with Crippen molar-refractivity contribution >= 4 is 27.5 Å². The van der Waals surface area contributed by atoms with Crippen molar-refractivity contribution in [3.8, 4) is 0 Å². The first kappa shape index (κ1) is 11.9. The number of hydrogen-bond donors (Lipinski definition) is 2. The molecule has 0 aliphatic carbocycles. The first-order valence-corrected chi connectivity index (χ1v) is 5.21. The summed E-state index contributed by atoms with van der Waals surface area (Å²) in [5.41, 5.74) is 0.390. The Morgan fingerprint density at radius 2 is 2.29 bits per heavy atom. The van der Waals surface area contributed by atoms with E-state index in [1.807, 2.05) is 0 Å². The Bertz CT molecular complexity index is 335. The second-order valence-electron chi connectivity index (χ2n) is 2.84. The summed E-state index contributed by atoms with van der Waals surface area (Å²) in [4.78, 5) is 0. The van der Waals surface area contributed by atoms with Gasteiger partial charge in [0.15, 0.2) is 5.82 Å². The fraction of sp³-hybridized carbons (Fsp3) is 0.333. The van der Waals surface area contributed by atoms with E-state index >= 15 is 0 Å². The average molecular weight is 283 g/mol. The third-order valence-corrected chi connectivity index (χ3v) is 2.82. The maximum absolute atomic E-state index is 13.3. The summed E-state index contributed by atoms with van der Waals surface area (Å²) in [7, 11) is 1.70. The molecule has 1 rings (SSSR count). The van der Waals surface area contributed by atoms with E-state index < -0.39 is 11.9 Å². The van der Waals surface area contributed by atoms with Crippen molar-refractivity contribution in [2.24, 2.45) is 0 Å². The van der Waals surface area contributed by atoms with E-state index in [4.69, 9.17) is 11.6 Å². The first-order chi connectivity index (χ1) is 6.57. The summed E-state index contributed by atoms with van der Waals surface area (Å²) in [6, 6.07) is 3.12. The van der Waals surface area contributed by atoms with Gasteiger partial charge < -0.3 is 10.4 Å². The van der Waals surface area contributed by atoms with E-state index in [0.29, 0.717) is 16.6 Å². The molecule has 14 heavy (non-hydrogen) atoms. The summed E-state index contributed by atoms with van der Waals surface area (Å²) in [5.74, 6) is -0.542. The minimum Gasteiger partial charge on any atom is -0.387 e. The molecular formula is C9H10BrClFNO. The molecule has 5 heteroatoms. The second kappa shape index (κ2) is 5.07. The topological polar surface area (TPSA) is 32.3 Å². The zero-order valence-corrected chi connectivity index (χ0v) is 9.86. The highest BCUT2D eigenvalue weighted by molar-refractivity contribution is 9.10. The average Bonchev–Trinajstić information content (AvgIpc) is 2.15. The maximum atomic E-state index is 13.3. The SMILES string of the molecule is CNCC(O)c1ccc(Br)c(F)c1Cl. The van der Waals surface area contributed by atoms with Crippen LogP contribution in [-0.4, -0.2) is 18.7 Å². The van der Waals surface area contributed by atoms with Gasteiger partial charge in [0, 0.05) is 12.1 Å². The molecule has 2 N–H and O–H groups in total. The minimum absolute atomic E-state index is 0.0397. The van der Waals surface area contributed by atoms with E-state index in [-0.39, 0.29) is 5.02 Å². The predicted molar refractivity (Wildman–Crippen MR) is 58.0 cm³/mol. The normalized spacial score (nSPS) is 12.9. The zero-order chi connectivity index (χ0) is 10.7. The lowest BCUT2D eigenvalue weighted by atomic mass is 10.1. The van der Waals surface area contributed by atoms with E-state index in [9.17, 15) is 9.50 Å². The van der Waals surface area contributed by atoms with Crippen LogP contribution in [0.5, 0.6) is 0 Å². The summed E-state index contributed by atoms with van der Waals surface area (Å²) in [6.07, 6.45) is -0.796. The Morgan fingerprint density at radius 3 is 2.86 bits per heavy atom. The minimum atomic E-state index is -0.796. The van der Waals surface area contributed by atoms with Gasteiger partial charge in [0.25, 0.3) is 0 Å². The molecule has 1 atom stereocenters. The van der Waals surface area contributed by atoms with Crippen LogP contribution < -0.4 is 5.32 Å². The molecule has 0 aromatic heterocycles. The van der Waals surface area contributed by atoms with Crippen LogP contribution in [0.25, 0.3) is 0 Å².